The summed E-state index contributed by atoms with van der Waals surface area (Å²) >= 11 is 1.81. The normalized spacial score (nSPS) is 12.2. The van der Waals surface area contributed by atoms with E-state index < -0.39 is 0 Å². The van der Waals surface area contributed by atoms with Gasteiger partial charge in [0.15, 0.2) is 0 Å². The molecule has 0 N–H and O–H groups in total. The van der Waals surface area contributed by atoms with E-state index in [-0.39, 0.29) is 5.41 Å². The number of aromatic nitrogens is 2. The van der Waals surface area contributed by atoms with Crippen LogP contribution in [0.1, 0.15) is 26.3 Å². The first-order valence-electron chi connectivity index (χ1n) is 11.4. The van der Waals surface area contributed by atoms with Gasteiger partial charge in [0.25, 0.3) is 0 Å². The summed E-state index contributed by atoms with van der Waals surface area (Å²) in [5.74, 6) is 1.00. The second-order valence-corrected chi connectivity index (χ2v) is 10.9. The number of hydrogen-bond donors (Lipinski definition) is 0. The van der Waals surface area contributed by atoms with Gasteiger partial charge in [0, 0.05) is 26.4 Å². The highest BCUT2D eigenvalue weighted by molar-refractivity contribution is 7.17. The van der Waals surface area contributed by atoms with Crippen LogP contribution in [0.25, 0.3) is 49.0 Å². The Bertz CT molecular complexity index is 1620. The summed E-state index contributed by atoms with van der Waals surface area (Å²) < 4.78 is 3.66. The summed E-state index contributed by atoms with van der Waals surface area (Å²) in [5, 5.41) is 6.01. The molecule has 0 fully saturated rings. The number of hydrogen-bond acceptors (Lipinski definition) is 2. The largest absolute Gasteiger partial charge is 0.292 e. The van der Waals surface area contributed by atoms with Crippen molar-refractivity contribution >= 4 is 43.2 Å². The van der Waals surface area contributed by atoms with Crippen LogP contribution in [0.5, 0.6) is 0 Å². The Kier molecular flexibility index (Phi) is 4.63. The average molecular weight is 447 g/mol. The van der Waals surface area contributed by atoms with E-state index in [0.29, 0.717) is 0 Å². The topological polar surface area (TPSA) is 17.8 Å². The number of fused-ring (bicyclic) bond motifs is 3. The second kappa shape index (κ2) is 7.57. The first-order valence-corrected chi connectivity index (χ1v) is 12.3. The molecule has 0 aliphatic rings. The maximum Gasteiger partial charge on any atom is 0.147 e. The number of rotatable bonds is 3. The minimum atomic E-state index is 0.274. The predicted octanol–water partition coefficient (Wildman–Crippen LogP) is 8.65. The van der Waals surface area contributed by atoms with E-state index >= 15 is 0 Å². The van der Waals surface area contributed by atoms with Gasteiger partial charge in [0.05, 0.1) is 16.7 Å². The maximum absolute atomic E-state index is 5.14. The first-order chi connectivity index (χ1) is 16.0. The van der Waals surface area contributed by atoms with Gasteiger partial charge in [-0.15, -0.1) is 11.3 Å². The zero-order valence-corrected chi connectivity index (χ0v) is 20.0. The summed E-state index contributed by atoms with van der Waals surface area (Å²) in [6.07, 6.45) is 1.07. The van der Waals surface area contributed by atoms with Crippen LogP contribution in [-0.2, 0) is 6.42 Å². The van der Waals surface area contributed by atoms with Crippen LogP contribution in [0.3, 0.4) is 0 Å². The van der Waals surface area contributed by atoms with Crippen LogP contribution in [0.15, 0.2) is 90.3 Å². The van der Waals surface area contributed by atoms with Gasteiger partial charge in [0.2, 0.25) is 0 Å². The van der Waals surface area contributed by atoms with Crippen molar-refractivity contribution in [2.45, 2.75) is 27.2 Å². The summed E-state index contributed by atoms with van der Waals surface area (Å²) in [6.45, 7) is 6.89. The van der Waals surface area contributed by atoms with Crippen molar-refractivity contribution in [3.63, 3.8) is 0 Å². The molecule has 0 aliphatic carbocycles. The molecule has 0 aliphatic heterocycles. The van der Waals surface area contributed by atoms with Gasteiger partial charge < -0.3 is 0 Å². The minimum absolute atomic E-state index is 0.274. The number of nitrogens with zero attached hydrogens (tertiary/aromatic N) is 2. The summed E-state index contributed by atoms with van der Waals surface area (Å²) in [4.78, 5) is 5.14. The fourth-order valence-electron chi connectivity index (χ4n) is 4.82. The molecule has 0 radical (unpaired) electrons. The molecule has 0 atom stereocenters. The molecular formula is C30H26N2S. The van der Waals surface area contributed by atoms with Crippen molar-refractivity contribution in [3.8, 4) is 17.1 Å². The van der Waals surface area contributed by atoms with Gasteiger partial charge in [0.1, 0.15) is 5.82 Å². The van der Waals surface area contributed by atoms with E-state index in [2.05, 4.69) is 116 Å². The Labute approximate surface area is 198 Å². The second-order valence-electron chi connectivity index (χ2n) is 9.98. The highest BCUT2D eigenvalue weighted by Gasteiger charge is 2.19. The van der Waals surface area contributed by atoms with Crippen LogP contribution >= 0.6 is 11.3 Å². The molecule has 3 heteroatoms. The van der Waals surface area contributed by atoms with Crippen LogP contribution < -0.4 is 0 Å². The lowest BCUT2D eigenvalue weighted by Crippen LogP contribution is -2.08. The number of imidazole rings is 1. The molecule has 2 heterocycles. The Balaban J connectivity index is 1.61. The molecule has 0 unspecified atom stereocenters. The van der Waals surface area contributed by atoms with E-state index in [1.165, 1.54) is 37.7 Å². The Morgan fingerprint density at radius 1 is 0.818 bits per heavy atom. The zero-order valence-electron chi connectivity index (χ0n) is 19.2. The van der Waals surface area contributed by atoms with Crippen LogP contribution in [-0.4, -0.2) is 9.55 Å². The predicted molar refractivity (Wildman–Crippen MR) is 143 cm³/mol. The highest BCUT2D eigenvalue weighted by Crippen LogP contribution is 2.39. The Morgan fingerprint density at radius 2 is 1.61 bits per heavy atom. The fourth-order valence-corrected chi connectivity index (χ4v) is 5.82. The number of para-hydroxylation sites is 2. The lowest BCUT2D eigenvalue weighted by molar-refractivity contribution is 0.411. The summed E-state index contributed by atoms with van der Waals surface area (Å²) in [6, 6.07) is 30.5. The molecule has 0 spiro atoms. The van der Waals surface area contributed by atoms with Gasteiger partial charge >= 0.3 is 0 Å². The third-order valence-electron chi connectivity index (χ3n) is 6.18. The van der Waals surface area contributed by atoms with E-state index in [0.717, 1.165) is 23.3 Å². The minimum Gasteiger partial charge on any atom is -0.292 e. The van der Waals surface area contributed by atoms with Gasteiger partial charge in [-0.05, 0) is 47.1 Å². The zero-order chi connectivity index (χ0) is 22.6. The molecule has 6 aromatic rings. The third kappa shape index (κ3) is 3.53. The maximum atomic E-state index is 5.14. The molecule has 4 aromatic carbocycles. The van der Waals surface area contributed by atoms with Crippen LogP contribution in [0.4, 0.5) is 0 Å². The van der Waals surface area contributed by atoms with Crippen molar-refractivity contribution in [1.82, 2.24) is 9.55 Å². The van der Waals surface area contributed by atoms with Gasteiger partial charge in [-0.2, -0.15) is 0 Å². The Hall–Kier alpha value is -3.43. The number of thiophene rings is 1. The quantitative estimate of drug-likeness (QED) is 0.266. The van der Waals surface area contributed by atoms with Gasteiger partial charge in [-0.25, -0.2) is 4.98 Å². The summed E-state index contributed by atoms with van der Waals surface area (Å²) in [7, 11) is 0. The number of benzene rings is 4. The van der Waals surface area contributed by atoms with Crippen LogP contribution in [0, 0.1) is 5.41 Å². The van der Waals surface area contributed by atoms with Crippen molar-refractivity contribution in [2.75, 3.05) is 0 Å². The molecule has 0 saturated carbocycles. The SMILES string of the molecule is CC(C)(C)Cc1ccc2c(-c3nc4ccccc4n3-c3cccc4ccccc34)csc2c1. The smallest absolute Gasteiger partial charge is 0.147 e. The van der Waals surface area contributed by atoms with Crippen molar-refractivity contribution in [3.05, 3.63) is 95.9 Å². The molecule has 0 saturated heterocycles. The summed E-state index contributed by atoms with van der Waals surface area (Å²) in [5.41, 5.74) is 6.18. The van der Waals surface area contributed by atoms with Crippen molar-refractivity contribution < 1.29 is 0 Å². The molecule has 0 amide bonds. The van der Waals surface area contributed by atoms with Gasteiger partial charge in [-0.1, -0.05) is 81.4 Å². The lowest BCUT2D eigenvalue weighted by atomic mass is 9.88. The standard InChI is InChI=1S/C30H26N2S/c1-30(2,3)18-20-15-16-23-24(19-33-28(23)17-20)29-31-25-12-6-7-13-27(25)32(29)26-14-8-10-21-9-4-5-11-22(21)26/h4-17,19H,18H2,1-3H3. The molecule has 0 bridgehead atoms. The van der Waals surface area contributed by atoms with Crippen molar-refractivity contribution in [2.24, 2.45) is 5.41 Å². The molecule has 2 aromatic heterocycles. The Morgan fingerprint density at radius 3 is 2.48 bits per heavy atom. The van der Waals surface area contributed by atoms with E-state index in [1.807, 2.05) is 11.3 Å². The third-order valence-corrected chi connectivity index (χ3v) is 7.13. The van der Waals surface area contributed by atoms with Crippen LogP contribution in [0.2, 0.25) is 0 Å². The molecule has 33 heavy (non-hydrogen) atoms. The average Bonchev–Trinajstić information content (AvgIpc) is 3.38. The van der Waals surface area contributed by atoms with Gasteiger partial charge in [-0.3, -0.25) is 4.57 Å². The monoisotopic (exact) mass is 446 g/mol. The fraction of sp³-hybridized carbons (Fsp3) is 0.167. The molecule has 162 valence electrons. The van der Waals surface area contributed by atoms with Crippen molar-refractivity contribution in [1.29, 1.82) is 0 Å². The van der Waals surface area contributed by atoms with E-state index in [1.54, 1.807) is 0 Å². The lowest BCUT2D eigenvalue weighted by Gasteiger charge is -2.18. The molecule has 6 rings (SSSR count). The highest BCUT2D eigenvalue weighted by atomic mass is 32.1. The van der Waals surface area contributed by atoms with E-state index in [4.69, 9.17) is 4.98 Å². The van der Waals surface area contributed by atoms with E-state index in [9.17, 15) is 0 Å². The first kappa shape index (κ1) is 20.2. The molecular weight excluding hydrogens is 420 g/mol. The molecule has 2 nitrogen and oxygen atoms in total.